The molecule has 2 aromatic rings. The molecule has 34 heavy (non-hydrogen) atoms. The van der Waals surface area contributed by atoms with Gasteiger partial charge in [-0.1, -0.05) is 30.3 Å². The Morgan fingerprint density at radius 1 is 1.03 bits per heavy atom. The van der Waals surface area contributed by atoms with Crippen molar-refractivity contribution in [2.24, 2.45) is 5.10 Å². The van der Waals surface area contributed by atoms with Crippen molar-refractivity contribution in [3.05, 3.63) is 59.7 Å². The minimum atomic E-state index is -0.308. The van der Waals surface area contributed by atoms with E-state index in [1.54, 1.807) is 27.4 Å². The standard InChI is InChI=1S/C25H31N3O6/c1-31-13-12-27(25(30)17-32-2)16-24(29)28-22(18-8-6-5-7-9-18)15-21(26-28)20-11-10-19(33-3)14-23(20)34-4/h5-11,14,22H,12-13,15-17H2,1-4H3. The second-order valence-corrected chi connectivity index (χ2v) is 7.72. The number of hydrazone groups is 1. The lowest BCUT2D eigenvalue weighted by molar-refractivity contribution is -0.144. The molecule has 1 aliphatic heterocycles. The van der Waals surface area contributed by atoms with Crippen LogP contribution in [-0.2, 0) is 19.1 Å². The predicted octanol–water partition coefficient (Wildman–Crippen LogP) is 2.50. The highest BCUT2D eigenvalue weighted by atomic mass is 16.5. The Labute approximate surface area is 199 Å². The van der Waals surface area contributed by atoms with Crippen LogP contribution < -0.4 is 9.47 Å². The molecule has 0 saturated heterocycles. The molecule has 2 amide bonds. The monoisotopic (exact) mass is 469 g/mol. The van der Waals surface area contributed by atoms with E-state index in [0.29, 0.717) is 30.2 Å². The third kappa shape index (κ3) is 5.92. The number of amides is 2. The van der Waals surface area contributed by atoms with Gasteiger partial charge in [-0.15, -0.1) is 0 Å². The van der Waals surface area contributed by atoms with E-state index in [4.69, 9.17) is 24.0 Å². The molecule has 0 bridgehead atoms. The second-order valence-electron chi connectivity index (χ2n) is 7.72. The summed E-state index contributed by atoms with van der Waals surface area (Å²) in [6.07, 6.45) is 0.503. The maximum absolute atomic E-state index is 13.4. The zero-order chi connectivity index (χ0) is 24.5. The molecule has 9 heteroatoms. The van der Waals surface area contributed by atoms with Crippen molar-refractivity contribution in [1.29, 1.82) is 0 Å². The first-order valence-corrected chi connectivity index (χ1v) is 10.9. The number of rotatable bonds is 11. The zero-order valence-electron chi connectivity index (χ0n) is 20.0. The summed E-state index contributed by atoms with van der Waals surface area (Å²) < 4.78 is 20.9. The number of ether oxygens (including phenoxy) is 4. The van der Waals surface area contributed by atoms with Crippen molar-refractivity contribution < 1.29 is 28.5 Å². The fraction of sp³-hybridized carbons (Fsp3) is 0.400. The van der Waals surface area contributed by atoms with Crippen LogP contribution in [0.3, 0.4) is 0 Å². The number of carbonyl (C=O) groups excluding carboxylic acids is 2. The Balaban J connectivity index is 1.93. The Bertz CT molecular complexity index is 1010. The highest BCUT2D eigenvalue weighted by molar-refractivity contribution is 6.05. The van der Waals surface area contributed by atoms with Gasteiger partial charge in [0.2, 0.25) is 5.91 Å². The largest absolute Gasteiger partial charge is 0.497 e. The molecule has 0 saturated carbocycles. The quantitative estimate of drug-likeness (QED) is 0.502. The molecule has 1 atom stereocenters. The molecule has 1 aliphatic rings. The van der Waals surface area contributed by atoms with E-state index >= 15 is 0 Å². The molecule has 0 aliphatic carbocycles. The summed E-state index contributed by atoms with van der Waals surface area (Å²) in [5.74, 6) is 0.689. The Morgan fingerprint density at radius 2 is 1.79 bits per heavy atom. The smallest absolute Gasteiger partial charge is 0.262 e. The van der Waals surface area contributed by atoms with Crippen LogP contribution in [0, 0.1) is 0 Å². The second kappa shape index (κ2) is 12.2. The Kier molecular flexibility index (Phi) is 9.00. The fourth-order valence-corrected chi connectivity index (χ4v) is 3.82. The first kappa shape index (κ1) is 25.2. The van der Waals surface area contributed by atoms with Crippen LogP contribution >= 0.6 is 0 Å². The lowest BCUT2D eigenvalue weighted by atomic mass is 9.98. The number of hydrogen-bond acceptors (Lipinski definition) is 7. The van der Waals surface area contributed by atoms with E-state index in [-0.39, 0.29) is 37.6 Å². The normalized spacial score (nSPS) is 15.1. The van der Waals surface area contributed by atoms with Gasteiger partial charge in [0.05, 0.1) is 32.6 Å². The summed E-state index contributed by atoms with van der Waals surface area (Å²) in [4.78, 5) is 27.4. The molecule has 2 aromatic carbocycles. The minimum Gasteiger partial charge on any atom is -0.497 e. The Hall–Kier alpha value is -3.43. The lowest BCUT2D eigenvalue weighted by Crippen LogP contribution is -2.44. The summed E-state index contributed by atoms with van der Waals surface area (Å²) in [5, 5.41) is 6.16. The number of benzene rings is 2. The summed E-state index contributed by atoms with van der Waals surface area (Å²) >= 11 is 0. The molecule has 0 N–H and O–H groups in total. The van der Waals surface area contributed by atoms with E-state index in [2.05, 4.69) is 0 Å². The van der Waals surface area contributed by atoms with Gasteiger partial charge < -0.3 is 23.8 Å². The number of hydrogen-bond donors (Lipinski definition) is 0. The van der Waals surface area contributed by atoms with Crippen LogP contribution in [0.15, 0.2) is 53.6 Å². The topological polar surface area (TPSA) is 89.9 Å². The van der Waals surface area contributed by atoms with Gasteiger partial charge in [0.1, 0.15) is 24.7 Å². The van der Waals surface area contributed by atoms with Crippen molar-refractivity contribution >= 4 is 17.5 Å². The van der Waals surface area contributed by atoms with Crippen molar-refractivity contribution in [1.82, 2.24) is 9.91 Å². The molecular weight excluding hydrogens is 438 g/mol. The van der Waals surface area contributed by atoms with Gasteiger partial charge in [-0.2, -0.15) is 5.10 Å². The van der Waals surface area contributed by atoms with Gasteiger partial charge in [0.15, 0.2) is 0 Å². The number of nitrogens with zero attached hydrogens (tertiary/aromatic N) is 3. The lowest BCUT2D eigenvalue weighted by Gasteiger charge is -2.26. The molecule has 3 rings (SSSR count). The number of carbonyl (C=O) groups is 2. The Morgan fingerprint density at radius 3 is 2.44 bits per heavy atom. The van der Waals surface area contributed by atoms with E-state index in [1.807, 2.05) is 42.5 Å². The van der Waals surface area contributed by atoms with Gasteiger partial charge in [0.25, 0.3) is 5.91 Å². The van der Waals surface area contributed by atoms with Gasteiger partial charge in [-0.25, -0.2) is 5.01 Å². The summed E-state index contributed by atoms with van der Waals surface area (Å²) in [7, 11) is 6.17. The van der Waals surface area contributed by atoms with Crippen LogP contribution in [0.4, 0.5) is 0 Å². The molecule has 0 spiro atoms. The molecule has 0 fully saturated rings. The van der Waals surface area contributed by atoms with Crippen LogP contribution in [0.5, 0.6) is 11.5 Å². The maximum Gasteiger partial charge on any atom is 0.262 e. The minimum absolute atomic E-state index is 0.114. The van der Waals surface area contributed by atoms with Gasteiger partial charge in [-0.05, 0) is 17.7 Å². The van der Waals surface area contributed by atoms with Gasteiger partial charge in [-0.3, -0.25) is 9.59 Å². The van der Waals surface area contributed by atoms with Crippen molar-refractivity contribution in [3.63, 3.8) is 0 Å². The highest BCUT2D eigenvalue weighted by Crippen LogP contribution is 2.36. The SMILES string of the molecule is COCCN(CC(=O)N1N=C(c2ccc(OC)cc2OC)CC1c1ccccc1)C(=O)COC. The van der Waals surface area contributed by atoms with Crippen LogP contribution in [0.25, 0.3) is 0 Å². The van der Waals surface area contributed by atoms with E-state index in [9.17, 15) is 9.59 Å². The van der Waals surface area contributed by atoms with Crippen molar-refractivity contribution in [2.75, 3.05) is 54.7 Å². The first-order valence-electron chi connectivity index (χ1n) is 10.9. The fourth-order valence-electron chi connectivity index (χ4n) is 3.82. The van der Waals surface area contributed by atoms with Crippen molar-refractivity contribution in [2.45, 2.75) is 12.5 Å². The van der Waals surface area contributed by atoms with Crippen LogP contribution in [0.1, 0.15) is 23.6 Å². The van der Waals surface area contributed by atoms with Crippen LogP contribution in [-0.4, -0.2) is 82.2 Å². The van der Waals surface area contributed by atoms with E-state index in [0.717, 1.165) is 11.1 Å². The molecule has 1 heterocycles. The van der Waals surface area contributed by atoms with Crippen molar-refractivity contribution in [3.8, 4) is 11.5 Å². The molecule has 9 nitrogen and oxygen atoms in total. The zero-order valence-corrected chi connectivity index (χ0v) is 20.0. The van der Waals surface area contributed by atoms with Gasteiger partial charge >= 0.3 is 0 Å². The average molecular weight is 470 g/mol. The summed E-state index contributed by atoms with van der Waals surface area (Å²) in [6, 6.07) is 14.9. The van der Waals surface area contributed by atoms with Crippen LogP contribution in [0.2, 0.25) is 0 Å². The third-order valence-corrected chi connectivity index (χ3v) is 5.58. The molecule has 1 unspecified atom stereocenters. The molecular formula is C25H31N3O6. The molecule has 182 valence electrons. The maximum atomic E-state index is 13.4. The summed E-state index contributed by atoms with van der Waals surface area (Å²) in [6.45, 7) is 0.335. The number of methoxy groups -OCH3 is 4. The molecule has 0 aromatic heterocycles. The third-order valence-electron chi connectivity index (χ3n) is 5.58. The molecule has 0 radical (unpaired) electrons. The highest BCUT2D eigenvalue weighted by Gasteiger charge is 2.35. The van der Waals surface area contributed by atoms with Gasteiger partial charge in [0, 0.05) is 38.8 Å². The predicted molar refractivity (Wildman–Crippen MR) is 127 cm³/mol. The van der Waals surface area contributed by atoms with E-state index in [1.165, 1.54) is 17.0 Å². The summed E-state index contributed by atoms with van der Waals surface area (Å²) in [5.41, 5.74) is 2.45. The van der Waals surface area contributed by atoms with E-state index < -0.39 is 0 Å². The average Bonchev–Trinajstić information content (AvgIpc) is 3.32. The first-order chi connectivity index (χ1) is 16.5.